The maximum atomic E-state index is 13.2. The first-order chi connectivity index (χ1) is 6.68. The van der Waals surface area contributed by atoms with Crippen molar-refractivity contribution < 1.29 is 8.81 Å². The van der Waals surface area contributed by atoms with Crippen LogP contribution in [0.5, 0.6) is 0 Å². The highest BCUT2D eigenvalue weighted by Gasteiger charge is 2.09. The minimum absolute atomic E-state index is 0.0867. The van der Waals surface area contributed by atoms with Gasteiger partial charge in [0.1, 0.15) is 5.82 Å². The minimum atomic E-state index is -0.266. The number of nitrogens with zero attached hydrogens (tertiary/aromatic N) is 1. The van der Waals surface area contributed by atoms with Gasteiger partial charge in [0.05, 0.1) is 6.20 Å². The van der Waals surface area contributed by atoms with Crippen LogP contribution in [0.4, 0.5) is 10.4 Å². The van der Waals surface area contributed by atoms with E-state index in [1.54, 1.807) is 19.1 Å². The fourth-order valence-corrected chi connectivity index (χ4v) is 1.29. The number of nitrogen functional groups attached to an aromatic ring is 1. The molecule has 0 unspecified atom stereocenters. The molecule has 3 nitrogen and oxygen atoms in total. The Morgan fingerprint density at radius 3 is 2.86 bits per heavy atom. The summed E-state index contributed by atoms with van der Waals surface area (Å²) in [6, 6.07) is 4.87. The molecular weight excluding hydrogens is 183 g/mol. The number of hydrogen-bond acceptors (Lipinski definition) is 3. The molecule has 1 heterocycles. The number of aromatic nitrogens is 1. The molecule has 0 atom stereocenters. The van der Waals surface area contributed by atoms with Gasteiger partial charge in [-0.05, 0) is 18.6 Å². The Kier molecular flexibility index (Phi) is 1.96. The fourth-order valence-electron chi connectivity index (χ4n) is 1.29. The van der Waals surface area contributed by atoms with Crippen LogP contribution in [-0.2, 0) is 0 Å². The Morgan fingerprint density at radius 2 is 2.21 bits per heavy atom. The third-order valence-electron chi connectivity index (χ3n) is 2.06. The maximum Gasteiger partial charge on any atom is 0.292 e. The van der Waals surface area contributed by atoms with E-state index in [9.17, 15) is 4.39 Å². The van der Waals surface area contributed by atoms with E-state index in [0.717, 1.165) is 0 Å². The molecule has 2 N–H and O–H groups in total. The van der Waals surface area contributed by atoms with Crippen LogP contribution in [-0.4, -0.2) is 4.98 Å². The zero-order valence-corrected chi connectivity index (χ0v) is 7.62. The largest absolute Gasteiger partial charge is 0.424 e. The topological polar surface area (TPSA) is 52.0 Å². The van der Waals surface area contributed by atoms with Crippen molar-refractivity contribution >= 4 is 6.01 Å². The lowest BCUT2D eigenvalue weighted by molar-refractivity contribution is 0.589. The third kappa shape index (κ3) is 1.35. The Balaban J connectivity index is 2.57. The molecule has 1 aromatic heterocycles. The normalized spacial score (nSPS) is 10.4. The second kappa shape index (κ2) is 3.14. The van der Waals surface area contributed by atoms with Crippen molar-refractivity contribution in [3.05, 3.63) is 35.8 Å². The molecule has 0 radical (unpaired) electrons. The highest BCUT2D eigenvalue weighted by Crippen LogP contribution is 2.25. The first-order valence-corrected chi connectivity index (χ1v) is 4.15. The predicted octanol–water partition coefficient (Wildman–Crippen LogP) is 2.37. The molecule has 0 aliphatic heterocycles. The predicted molar refractivity (Wildman–Crippen MR) is 51.0 cm³/mol. The van der Waals surface area contributed by atoms with Crippen molar-refractivity contribution in [2.24, 2.45) is 0 Å². The lowest BCUT2D eigenvalue weighted by Gasteiger charge is -2.01. The first kappa shape index (κ1) is 8.74. The summed E-state index contributed by atoms with van der Waals surface area (Å²) in [6.45, 7) is 1.68. The van der Waals surface area contributed by atoms with Gasteiger partial charge in [-0.25, -0.2) is 9.37 Å². The summed E-state index contributed by atoms with van der Waals surface area (Å²) in [5.74, 6) is 0.219. The SMILES string of the molecule is Cc1c(F)cccc1-c1cnc(N)o1. The van der Waals surface area contributed by atoms with Gasteiger partial charge in [0.15, 0.2) is 5.76 Å². The van der Waals surface area contributed by atoms with Crippen molar-refractivity contribution in [3.63, 3.8) is 0 Å². The Morgan fingerprint density at radius 1 is 1.43 bits per heavy atom. The quantitative estimate of drug-likeness (QED) is 0.754. The Labute approximate surface area is 80.4 Å². The summed E-state index contributed by atoms with van der Waals surface area (Å²) in [5, 5.41) is 0. The summed E-state index contributed by atoms with van der Waals surface area (Å²) in [5.41, 5.74) is 6.54. The zero-order chi connectivity index (χ0) is 10.1. The second-order valence-electron chi connectivity index (χ2n) is 2.98. The Bertz CT molecular complexity index is 465. The molecule has 14 heavy (non-hydrogen) atoms. The monoisotopic (exact) mass is 192 g/mol. The van der Waals surface area contributed by atoms with Gasteiger partial charge in [0.25, 0.3) is 6.01 Å². The van der Waals surface area contributed by atoms with E-state index in [4.69, 9.17) is 10.2 Å². The standard InChI is InChI=1S/C10H9FN2O/c1-6-7(3-2-4-8(6)11)9-5-13-10(12)14-9/h2-5H,1H3,(H2,12,13). The number of hydrogen-bond donors (Lipinski definition) is 1. The van der Waals surface area contributed by atoms with Gasteiger partial charge in [-0.2, -0.15) is 0 Å². The van der Waals surface area contributed by atoms with Crippen LogP contribution in [0.3, 0.4) is 0 Å². The molecule has 0 bridgehead atoms. The van der Waals surface area contributed by atoms with Crippen LogP contribution in [0.2, 0.25) is 0 Å². The lowest BCUT2D eigenvalue weighted by Crippen LogP contribution is -1.86. The molecule has 0 aliphatic carbocycles. The average molecular weight is 192 g/mol. The van der Waals surface area contributed by atoms with Crippen LogP contribution in [0.15, 0.2) is 28.8 Å². The fraction of sp³-hybridized carbons (Fsp3) is 0.100. The Hall–Kier alpha value is -1.84. The van der Waals surface area contributed by atoms with Crippen molar-refractivity contribution in [1.82, 2.24) is 4.98 Å². The highest BCUT2D eigenvalue weighted by molar-refractivity contribution is 5.61. The summed E-state index contributed by atoms with van der Waals surface area (Å²) >= 11 is 0. The molecule has 0 fully saturated rings. The lowest BCUT2D eigenvalue weighted by atomic mass is 10.1. The number of anilines is 1. The summed E-state index contributed by atoms with van der Waals surface area (Å²) < 4.78 is 18.3. The number of rotatable bonds is 1. The maximum absolute atomic E-state index is 13.2. The first-order valence-electron chi connectivity index (χ1n) is 4.15. The van der Waals surface area contributed by atoms with Crippen molar-refractivity contribution in [2.45, 2.75) is 6.92 Å². The molecule has 72 valence electrons. The van der Waals surface area contributed by atoms with Crippen LogP contribution in [0.1, 0.15) is 5.56 Å². The minimum Gasteiger partial charge on any atom is -0.424 e. The average Bonchev–Trinajstić information content (AvgIpc) is 2.57. The third-order valence-corrected chi connectivity index (χ3v) is 2.06. The molecule has 1 aromatic carbocycles. The molecule has 2 rings (SSSR count). The highest BCUT2D eigenvalue weighted by atomic mass is 19.1. The number of nitrogens with two attached hydrogens (primary N) is 1. The number of oxazole rings is 1. The van der Waals surface area contributed by atoms with Gasteiger partial charge < -0.3 is 10.2 Å². The van der Waals surface area contributed by atoms with E-state index in [1.165, 1.54) is 12.3 Å². The van der Waals surface area contributed by atoms with Crippen molar-refractivity contribution in [3.8, 4) is 11.3 Å². The van der Waals surface area contributed by atoms with E-state index in [2.05, 4.69) is 4.98 Å². The van der Waals surface area contributed by atoms with Gasteiger partial charge >= 0.3 is 0 Å². The van der Waals surface area contributed by atoms with E-state index in [-0.39, 0.29) is 11.8 Å². The smallest absolute Gasteiger partial charge is 0.292 e. The van der Waals surface area contributed by atoms with Crippen LogP contribution in [0, 0.1) is 12.7 Å². The van der Waals surface area contributed by atoms with Gasteiger partial charge in [-0.1, -0.05) is 12.1 Å². The van der Waals surface area contributed by atoms with Gasteiger partial charge in [-0.15, -0.1) is 0 Å². The van der Waals surface area contributed by atoms with E-state index in [1.807, 2.05) is 0 Å². The molecule has 2 aromatic rings. The molecular formula is C10H9FN2O. The van der Waals surface area contributed by atoms with Gasteiger partial charge in [0.2, 0.25) is 0 Å². The van der Waals surface area contributed by atoms with E-state index < -0.39 is 0 Å². The summed E-state index contributed by atoms with van der Waals surface area (Å²) in [7, 11) is 0. The molecule has 4 heteroatoms. The summed E-state index contributed by atoms with van der Waals surface area (Å²) in [4.78, 5) is 3.75. The zero-order valence-electron chi connectivity index (χ0n) is 7.62. The van der Waals surface area contributed by atoms with E-state index in [0.29, 0.717) is 16.9 Å². The molecule has 0 spiro atoms. The van der Waals surface area contributed by atoms with Crippen molar-refractivity contribution in [1.29, 1.82) is 0 Å². The van der Waals surface area contributed by atoms with Gasteiger partial charge in [0, 0.05) is 5.56 Å². The number of benzene rings is 1. The van der Waals surface area contributed by atoms with Crippen LogP contribution >= 0.6 is 0 Å². The molecule has 0 aliphatic rings. The molecule has 0 amide bonds. The molecule has 0 saturated carbocycles. The number of halogens is 1. The van der Waals surface area contributed by atoms with Crippen LogP contribution in [0.25, 0.3) is 11.3 Å². The summed E-state index contributed by atoms with van der Waals surface area (Å²) in [6.07, 6.45) is 1.48. The van der Waals surface area contributed by atoms with Crippen molar-refractivity contribution in [2.75, 3.05) is 5.73 Å². The van der Waals surface area contributed by atoms with Crippen LogP contribution < -0.4 is 5.73 Å². The second-order valence-corrected chi connectivity index (χ2v) is 2.98. The van der Waals surface area contributed by atoms with E-state index >= 15 is 0 Å². The molecule has 0 saturated heterocycles. The van der Waals surface area contributed by atoms with Gasteiger partial charge in [-0.3, -0.25) is 0 Å².